The normalized spacial score (nSPS) is 11.0. The zero-order valence-corrected chi connectivity index (χ0v) is 14.0. The van der Waals surface area contributed by atoms with Crippen LogP contribution in [0.2, 0.25) is 0 Å². The van der Waals surface area contributed by atoms with E-state index in [0.717, 1.165) is 0 Å². The molecule has 0 atom stereocenters. The molecule has 20 heavy (non-hydrogen) atoms. The summed E-state index contributed by atoms with van der Waals surface area (Å²) in [6, 6.07) is 17.5. The average Bonchev–Trinajstić information content (AvgIpc) is 2.76. The molecule has 2 aromatic carbocycles. The van der Waals surface area contributed by atoms with Crippen molar-refractivity contribution in [3.05, 3.63) is 52.1 Å². The summed E-state index contributed by atoms with van der Waals surface area (Å²) in [5, 5.41) is 1.29. The summed E-state index contributed by atoms with van der Waals surface area (Å²) >= 11 is 2.36. The fraction of sp³-hybridized carbons (Fsp3) is 0.176. The lowest BCUT2D eigenvalue weighted by molar-refractivity contribution is 0.977. The Morgan fingerprint density at radius 1 is 0.950 bits per heavy atom. The minimum atomic E-state index is 1.22. The van der Waals surface area contributed by atoms with E-state index in [1.54, 1.807) is 0 Å². The Balaban J connectivity index is 2.12. The fourth-order valence-corrected chi connectivity index (χ4v) is 2.99. The van der Waals surface area contributed by atoms with E-state index in [-0.39, 0.29) is 0 Å². The second-order valence-corrected chi connectivity index (χ2v) is 6.48. The Hall–Kier alpha value is -1.49. The molecule has 102 valence electrons. The van der Waals surface area contributed by atoms with Crippen LogP contribution < -0.4 is 4.90 Å². The molecule has 1 aromatic heterocycles. The molecule has 0 amide bonds. The Labute approximate surface area is 133 Å². The van der Waals surface area contributed by atoms with E-state index in [0.29, 0.717) is 0 Å². The SMILES string of the molecule is CN(C)c1ccc(-c2cc3ccc(I)cc3n2C)cc1. The summed E-state index contributed by atoms with van der Waals surface area (Å²) in [4.78, 5) is 2.12. The fourth-order valence-electron chi connectivity index (χ4n) is 2.51. The standard InChI is InChI=1S/C17H17IN2/c1-19(2)15-8-5-12(6-9-15)16-10-13-4-7-14(18)11-17(13)20(16)3/h4-11H,1-3H3. The number of fused-ring (bicyclic) bond motifs is 1. The van der Waals surface area contributed by atoms with E-state index < -0.39 is 0 Å². The zero-order chi connectivity index (χ0) is 14.3. The zero-order valence-electron chi connectivity index (χ0n) is 11.9. The van der Waals surface area contributed by atoms with E-state index in [4.69, 9.17) is 0 Å². The van der Waals surface area contributed by atoms with Crippen LogP contribution in [-0.4, -0.2) is 18.7 Å². The number of hydrogen-bond acceptors (Lipinski definition) is 1. The van der Waals surface area contributed by atoms with E-state index in [2.05, 4.69) is 102 Å². The third-order valence-electron chi connectivity index (χ3n) is 3.69. The highest BCUT2D eigenvalue weighted by molar-refractivity contribution is 14.1. The van der Waals surface area contributed by atoms with Crippen LogP contribution in [0.3, 0.4) is 0 Å². The van der Waals surface area contributed by atoms with Gasteiger partial charge < -0.3 is 9.47 Å². The second-order valence-electron chi connectivity index (χ2n) is 5.23. The van der Waals surface area contributed by atoms with Gasteiger partial charge in [-0.15, -0.1) is 0 Å². The van der Waals surface area contributed by atoms with Gasteiger partial charge in [0.1, 0.15) is 0 Å². The van der Waals surface area contributed by atoms with Crippen LogP contribution in [0.25, 0.3) is 22.2 Å². The van der Waals surface area contributed by atoms with Crippen molar-refractivity contribution in [2.24, 2.45) is 7.05 Å². The molecule has 0 N–H and O–H groups in total. The highest BCUT2D eigenvalue weighted by Crippen LogP contribution is 2.29. The smallest absolute Gasteiger partial charge is 0.0493 e. The molecule has 3 heteroatoms. The molecule has 0 saturated heterocycles. The molecule has 0 spiro atoms. The number of anilines is 1. The predicted octanol–water partition coefficient (Wildman–Crippen LogP) is 4.52. The van der Waals surface area contributed by atoms with E-state index >= 15 is 0 Å². The first-order valence-electron chi connectivity index (χ1n) is 6.59. The molecule has 1 heterocycles. The Kier molecular flexibility index (Phi) is 3.46. The summed E-state index contributed by atoms with van der Waals surface area (Å²) in [6.07, 6.45) is 0. The van der Waals surface area contributed by atoms with Gasteiger partial charge in [0.15, 0.2) is 0 Å². The molecule has 0 saturated carbocycles. The third kappa shape index (κ3) is 2.30. The van der Waals surface area contributed by atoms with Crippen molar-refractivity contribution in [1.82, 2.24) is 4.57 Å². The van der Waals surface area contributed by atoms with Crippen molar-refractivity contribution >= 4 is 39.2 Å². The Bertz CT molecular complexity index is 755. The summed E-state index contributed by atoms with van der Waals surface area (Å²) in [7, 11) is 6.26. The van der Waals surface area contributed by atoms with Crippen LogP contribution in [0.5, 0.6) is 0 Å². The van der Waals surface area contributed by atoms with Crippen molar-refractivity contribution in [3.63, 3.8) is 0 Å². The number of nitrogens with zero attached hydrogens (tertiary/aromatic N) is 2. The minimum Gasteiger partial charge on any atom is -0.378 e. The second kappa shape index (κ2) is 5.13. The lowest BCUT2D eigenvalue weighted by atomic mass is 10.1. The van der Waals surface area contributed by atoms with Gasteiger partial charge in [-0.25, -0.2) is 0 Å². The molecule has 0 bridgehead atoms. The van der Waals surface area contributed by atoms with Crippen molar-refractivity contribution in [3.8, 4) is 11.3 Å². The largest absolute Gasteiger partial charge is 0.378 e. The van der Waals surface area contributed by atoms with Crippen molar-refractivity contribution < 1.29 is 0 Å². The number of aryl methyl sites for hydroxylation is 1. The summed E-state index contributed by atoms with van der Waals surface area (Å²) in [5.41, 5.74) is 5.02. The molecule has 2 nitrogen and oxygen atoms in total. The first-order chi connectivity index (χ1) is 9.56. The molecule has 3 rings (SSSR count). The van der Waals surface area contributed by atoms with Crippen molar-refractivity contribution in [2.45, 2.75) is 0 Å². The van der Waals surface area contributed by atoms with Crippen LogP contribution in [0.15, 0.2) is 48.5 Å². The number of hydrogen-bond donors (Lipinski definition) is 0. The van der Waals surface area contributed by atoms with Gasteiger partial charge in [0, 0.05) is 47.0 Å². The maximum Gasteiger partial charge on any atom is 0.0493 e. The van der Waals surface area contributed by atoms with Crippen LogP contribution in [0, 0.1) is 3.57 Å². The van der Waals surface area contributed by atoms with Crippen LogP contribution >= 0.6 is 22.6 Å². The molecular weight excluding hydrogens is 359 g/mol. The third-order valence-corrected chi connectivity index (χ3v) is 4.36. The lowest BCUT2D eigenvalue weighted by Crippen LogP contribution is -2.08. The van der Waals surface area contributed by atoms with Gasteiger partial charge in [-0.05, 0) is 58.5 Å². The maximum absolute atomic E-state index is 2.36. The molecule has 0 aliphatic heterocycles. The number of benzene rings is 2. The molecular formula is C17H17IN2. The van der Waals surface area contributed by atoms with E-state index in [9.17, 15) is 0 Å². The highest BCUT2D eigenvalue weighted by atomic mass is 127. The molecule has 3 aromatic rings. The summed E-state index contributed by atoms with van der Waals surface area (Å²) in [6.45, 7) is 0. The Morgan fingerprint density at radius 2 is 1.65 bits per heavy atom. The van der Waals surface area contributed by atoms with Gasteiger partial charge in [0.05, 0.1) is 0 Å². The first-order valence-corrected chi connectivity index (χ1v) is 7.67. The summed E-state index contributed by atoms with van der Waals surface area (Å²) in [5.74, 6) is 0. The molecule has 0 aliphatic rings. The number of aromatic nitrogens is 1. The van der Waals surface area contributed by atoms with Crippen LogP contribution in [-0.2, 0) is 7.05 Å². The van der Waals surface area contributed by atoms with Gasteiger partial charge >= 0.3 is 0 Å². The van der Waals surface area contributed by atoms with Crippen LogP contribution in [0.1, 0.15) is 0 Å². The van der Waals surface area contributed by atoms with Crippen molar-refractivity contribution in [1.29, 1.82) is 0 Å². The van der Waals surface area contributed by atoms with E-state index in [1.165, 1.54) is 31.4 Å². The lowest BCUT2D eigenvalue weighted by Gasteiger charge is -2.13. The van der Waals surface area contributed by atoms with Gasteiger partial charge in [-0.1, -0.05) is 18.2 Å². The molecule has 0 fully saturated rings. The molecule has 0 radical (unpaired) electrons. The van der Waals surface area contributed by atoms with Gasteiger partial charge in [-0.2, -0.15) is 0 Å². The monoisotopic (exact) mass is 376 g/mol. The number of rotatable bonds is 2. The quantitative estimate of drug-likeness (QED) is 0.598. The average molecular weight is 376 g/mol. The molecule has 0 aliphatic carbocycles. The highest BCUT2D eigenvalue weighted by Gasteiger charge is 2.08. The van der Waals surface area contributed by atoms with Gasteiger partial charge in [0.2, 0.25) is 0 Å². The van der Waals surface area contributed by atoms with Gasteiger partial charge in [-0.3, -0.25) is 0 Å². The predicted molar refractivity (Wildman–Crippen MR) is 95.4 cm³/mol. The van der Waals surface area contributed by atoms with Crippen molar-refractivity contribution in [2.75, 3.05) is 19.0 Å². The minimum absolute atomic E-state index is 1.22. The summed E-state index contributed by atoms with van der Waals surface area (Å²) < 4.78 is 3.54. The Morgan fingerprint density at radius 3 is 2.30 bits per heavy atom. The topological polar surface area (TPSA) is 8.17 Å². The van der Waals surface area contributed by atoms with E-state index in [1.807, 2.05) is 0 Å². The molecule has 0 unspecified atom stereocenters. The number of halogens is 1. The van der Waals surface area contributed by atoms with Crippen LogP contribution in [0.4, 0.5) is 5.69 Å². The maximum atomic E-state index is 2.36. The van der Waals surface area contributed by atoms with Gasteiger partial charge in [0.25, 0.3) is 0 Å². The first kappa shape index (κ1) is 13.5.